The maximum atomic E-state index is 12.7. The molecule has 7 heteroatoms. The van der Waals surface area contributed by atoms with Crippen molar-refractivity contribution in [2.45, 2.75) is 46.1 Å². The topological polar surface area (TPSA) is 59.6 Å². The Morgan fingerprint density at radius 1 is 1.17 bits per heavy atom. The molecular formula is C22H27BrN2O3S. The molecule has 29 heavy (non-hydrogen) atoms. The molecule has 2 rings (SSSR count). The summed E-state index contributed by atoms with van der Waals surface area (Å²) in [6, 6.07) is 12.8. The van der Waals surface area contributed by atoms with Gasteiger partial charge in [0.1, 0.15) is 11.5 Å². The zero-order valence-corrected chi connectivity index (χ0v) is 19.4. The minimum atomic E-state index is -0.327. The molecule has 0 radical (unpaired) electrons. The minimum absolute atomic E-state index is 0.160. The van der Waals surface area contributed by atoms with E-state index in [2.05, 4.69) is 40.4 Å². The van der Waals surface area contributed by atoms with E-state index >= 15 is 0 Å². The molecule has 0 aromatic heterocycles. The smallest absolute Gasteiger partial charge is 0.261 e. The zero-order chi connectivity index (χ0) is 21.2. The quantitative estimate of drug-likeness (QED) is 0.345. The van der Waals surface area contributed by atoms with Gasteiger partial charge >= 0.3 is 0 Å². The van der Waals surface area contributed by atoms with Gasteiger partial charge < -0.3 is 14.8 Å². The highest BCUT2D eigenvalue weighted by Gasteiger charge is 2.15. The van der Waals surface area contributed by atoms with Crippen LogP contribution in [0.1, 0.15) is 50.4 Å². The molecule has 1 atom stereocenters. The van der Waals surface area contributed by atoms with E-state index in [9.17, 15) is 4.79 Å². The van der Waals surface area contributed by atoms with Crippen molar-refractivity contribution < 1.29 is 14.3 Å². The maximum Gasteiger partial charge on any atom is 0.261 e. The second kappa shape index (κ2) is 11.8. The van der Waals surface area contributed by atoms with Crippen molar-refractivity contribution >= 4 is 44.9 Å². The van der Waals surface area contributed by atoms with Gasteiger partial charge in [0.2, 0.25) is 0 Å². The predicted molar refractivity (Wildman–Crippen MR) is 125 cm³/mol. The molecular weight excluding hydrogens is 452 g/mol. The van der Waals surface area contributed by atoms with Crippen LogP contribution in [-0.2, 0) is 0 Å². The maximum absolute atomic E-state index is 12.7. The van der Waals surface area contributed by atoms with Crippen molar-refractivity contribution in [1.82, 2.24) is 5.32 Å². The van der Waals surface area contributed by atoms with E-state index in [1.54, 1.807) is 12.1 Å². The fourth-order valence-electron chi connectivity index (χ4n) is 2.40. The van der Waals surface area contributed by atoms with Gasteiger partial charge in [-0.3, -0.25) is 10.1 Å². The standard InChI is InChI=1S/C22H27BrN2O3S/c1-4-6-13-27-20-12-7-16(23)14-19(20)21(26)25-22(29)24-17-8-10-18(11-9-17)28-15(3)5-2/h7-12,14-15H,4-6,13H2,1-3H3,(H2,24,25,26,29). The van der Waals surface area contributed by atoms with Crippen molar-refractivity contribution in [2.75, 3.05) is 11.9 Å². The number of amides is 1. The van der Waals surface area contributed by atoms with E-state index in [0.29, 0.717) is 17.9 Å². The number of nitrogens with one attached hydrogen (secondary N) is 2. The highest BCUT2D eigenvalue weighted by molar-refractivity contribution is 9.10. The summed E-state index contributed by atoms with van der Waals surface area (Å²) in [5.74, 6) is 1.00. The van der Waals surface area contributed by atoms with Gasteiger partial charge in [0.15, 0.2) is 5.11 Å². The molecule has 2 aromatic carbocycles. The van der Waals surface area contributed by atoms with Crippen molar-refractivity contribution in [3.8, 4) is 11.5 Å². The van der Waals surface area contributed by atoms with Crippen LogP contribution in [0.2, 0.25) is 0 Å². The summed E-state index contributed by atoms with van der Waals surface area (Å²) in [6.07, 6.45) is 3.05. The van der Waals surface area contributed by atoms with E-state index in [4.69, 9.17) is 21.7 Å². The Balaban J connectivity index is 1.98. The summed E-state index contributed by atoms with van der Waals surface area (Å²) >= 11 is 8.69. The van der Waals surface area contributed by atoms with E-state index < -0.39 is 0 Å². The molecule has 0 saturated heterocycles. The molecule has 2 N–H and O–H groups in total. The second-order valence-electron chi connectivity index (χ2n) is 6.61. The van der Waals surface area contributed by atoms with Crippen LogP contribution >= 0.6 is 28.1 Å². The molecule has 0 saturated carbocycles. The van der Waals surface area contributed by atoms with Crippen LogP contribution in [0.4, 0.5) is 5.69 Å². The van der Waals surface area contributed by atoms with Crippen LogP contribution in [0.15, 0.2) is 46.9 Å². The Morgan fingerprint density at radius 3 is 2.55 bits per heavy atom. The number of hydrogen-bond acceptors (Lipinski definition) is 4. The Hall–Kier alpha value is -2.12. The number of anilines is 1. The van der Waals surface area contributed by atoms with Crippen molar-refractivity contribution in [3.05, 3.63) is 52.5 Å². The lowest BCUT2D eigenvalue weighted by atomic mass is 10.2. The summed E-state index contributed by atoms with van der Waals surface area (Å²) in [5, 5.41) is 5.94. The van der Waals surface area contributed by atoms with Gasteiger partial charge in [0, 0.05) is 10.2 Å². The number of benzene rings is 2. The van der Waals surface area contributed by atoms with Gasteiger partial charge in [-0.2, -0.15) is 0 Å². The molecule has 1 unspecified atom stereocenters. The first-order chi connectivity index (χ1) is 13.9. The number of hydrogen-bond donors (Lipinski definition) is 2. The van der Waals surface area contributed by atoms with E-state index in [-0.39, 0.29) is 17.1 Å². The summed E-state index contributed by atoms with van der Waals surface area (Å²) in [6.45, 7) is 6.75. The molecule has 1 amide bonds. The van der Waals surface area contributed by atoms with Crippen LogP contribution in [0.5, 0.6) is 11.5 Å². The molecule has 5 nitrogen and oxygen atoms in total. The van der Waals surface area contributed by atoms with Gasteiger partial charge in [0.05, 0.1) is 18.3 Å². The molecule has 0 aliphatic heterocycles. The van der Waals surface area contributed by atoms with Crippen LogP contribution in [0, 0.1) is 0 Å². The second-order valence-corrected chi connectivity index (χ2v) is 7.94. The Morgan fingerprint density at radius 2 is 1.90 bits per heavy atom. The zero-order valence-electron chi connectivity index (χ0n) is 17.0. The fraction of sp³-hybridized carbons (Fsp3) is 0.364. The SMILES string of the molecule is CCCCOc1ccc(Br)cc1C(=O)NC(=S)Nc1ccc(OC(C)CC)cc1. The lowest BCUT2D eigenvalue weighted by Crippen LogP contribution is -2.34. The lowest BCUT2D eigenvalue weighted by molar-refractivity contribution is 0.0973. The third kappa shape index (κ3) is 7.66. The highest BCUT2D eigenvalue weighted by Crippen LogP contribution is 2.24. The average molecular weight is 479 g/mol. The molecule has 0 bridgehead atoms. The third-order valence-corrected chi connectivity index (χ3v) is 4.89. The lowest BCUT2D eigenvalue weighted by Gasteiger charge is -2.15. The average Bonchev–Trinajstić information content (AvgIpc) is 2.70. The Kier molecular flexibility index (Phi) is 9.41. The first-order valence-corrected chi connectivity index (χ1v) is 10.9. The van der Waals surface area contributed by atoms with Crippen LogP contribution in [-0.4, -0.2) is 23.7 Å². The summed E-state index contributed by atoms with van der Waals surface area (Å²) < 4.78 is 12.3. The normalized spacial score (nSPS) is 11.4. The van der Waals surface area contributed by atoms with E-state index in [0.717, 1.165) is 35.2 Å². The Labute approximate surface area is 186 Å². The molecule has 0 heterocycles. The molecule has 0 spiro atoms. The molecule has 0 aliphatic rings. The largest absolute Gasteiger partial charge is 0.493 e. The van der Waals surface area contributed by atoms with Crippen molar-refractivity contribution in [1.29, 1.82) is 0 Å². The third-order valence-electron chi connectivity index (χ3n) is 4.19. The van der Waals surface area contributed by atoms with Gasteiger partial charge in [-0.25, -0.2) is 0 Å². The van der Waals surface area contributed by atoms with Crippen molar-refractivity contribution in [3.63, 3.8) is 0 Å². The molecule has 0 aliphatic carbocycles. The van der Waals surface area contributed by atoms with E-state index in [1.165, 1.54) is 0 Å². The van der Waals surface area contributed by atoms with Gasteiger partial charge in [-0.05, 0) is 74.4 Å². The number of halogens is 1. The Bertz CT molecular complexity index is 827. The van der Waals surface area contributed by atoms with E-state index in [1.807, 2.05) is 37.3 Å². The number of thiocarbonyl (C=S) groups is 1. The predicted octanol–water partition coefficient (Wildman–Crippen LogP) is 5.93. The summed E-state index contributed by atoms with van der Waals surface area (Å²) in [7, 11) is 0. The van der Waals surface area contributed by atoms with Gasteiger partial charge in [-0.15, -0.1) is 0 Å². The highest BCUT2D eigenvalue weighted by atomic mass is 79.9. The fourth-order valence-corrected chi connectivity index (χ4v) is 2.97. The molecule has 2 aromatic rings. The van der Waals surface area contributed by atoms with Gasteiger partial charge in [0.25, 0.3) is 5.91 Å². The first kappa shape index (κ1) is 23.2. The van der Waals surface area contributed by atoms with Crippen LogP contribution < -0.4 is 20.1 Å². The summed E-state index contributed by atoms with van der Waals surface area (Å²) in [5.41, 5.74) is 1.19. The first-order valence-electron chi connectivity index (χ1n) is 9.74. The number of carbonyl (C=O) groups excluding carboxylic acids is 1. The number of ether oxygens (including phenoxy) is 2. The minimum Gasteiger partial charge on any atom is -0.493 e. The van der Waals surface area contributed by atoms with Crippen molar-refractivity contribution in [2.24, 2.45) is 0 Å². The molecule has 0 fully saturated rings. The van der Waals surface area contributed by atoms with Gasteiger partial charge in [-0.1, -0.05) is 36.2 Å². The number of rotatable bonds is 9. The molecule has 156 valence electrons. The monoisotopic (exact) mass is 478 g/mol. The summed E-state index contributed by atoms with van der Waals surface area (Å²) in [4.78, 5) is 12.7. The number of unbranched alkanes of at least 4 members (excludes halogenated alkanes) is 1. The number of carbonyl (C=O) groups is 1. The van der Waals surface area contributed by atoms with Crippen LogP contribution in [0.25, 0.3) is 0 Å². The van der Waals surface area contributed by atoms with Crippen LogP contribution in [0.3, 0.4) is 0 Å².